The van der Waals surface area contributed by atoms with E-state index >= 15 is 0 Å². The third-order valence-corrected chi connectivity index (χ3v) is 8.17. The van der Waals surface area contributed by atoms with Gasteiger partial charge in [-0.1, -0.05) is 42.5 Å². The topological polar surface area (TPSA) is 43.4 Å². The van der Waals surface area contributed by atoms with Gasteiger partial charge in [0.2, 0.25) is 5.78 Å². The number of ketones is 1. The quantitative estimate of drug-likeness (QED) is 0.275. The molecule has 0 aliphatic carbocycles. The highest BCUT2D eigenvalue weighted by atomic mass is 35.5. The largest absolute Gasteiger partial charge is 1.00 e. The zero-order valence-corrected chi connectivity index (χ0v) is 20.6. The Hall–Kier alpha value is -2.61. The minimum Gasteiger partial charge on any atom is -1.00 e. The highest BCUT2D eigenvalue weighted by molar-refractivity contribution is 7.12. The van der Waals surface area contributed by atoms with E-state index in [2.05, 4.69) is 0 Å². The van der Waals surface area contributed by atoms with Crippen molar-refractivity contribution in [3.63, 3.8) is 0 Å². The maximum atomic E-state index is 14.0. The van der Waals surface area contributed by atoms with Crippen molar-refractivity contribution in [2.24, 2.45) is 11.8 Å². The molecule has 0 spiro atoms. The molecule has 2 unspecified atom stereocenters. The maximum absolute atomic E-state index is 14.0. The summed E-state index contributed by atoms with van der Waals surface area (Å²) in [5, 5.41) is 1.90. The molecule has 4 heterocycles. The van der Waals surface area contributed by atoms with E-state index < -0.39 is 17.7 Å². The van der Waals surface area contributed by atoms with Crippen molar-refractivity contribution in [1.82, 2.24) is 0 Å². The monoisotopic (exact) mass is 517 g/mol. The molecule has 3 aliphatic rings. The van der Waals surface area contributed by atoms with Crippen molar-refractivity contribution in [1.29, 1.82) is 0 Å². The molecule has 4 nitrogen and oxygen atoms in total. The molecular weight excluding hydrogens is 492 g/mol. The fourth-order valence-electron chi connectivity index (χ4n) is 5.43. The summed E-state index contributed by atoms with van der Waals surface area (Å²) < 4.78 is 34.2. The van der Waals surface area contributed by atoms with Gasteiger partial charge in [-0.15, -0.1) is 11.3 Å². The van der Waals surface area contributed by atoms with Crippen LogP contribution in [0.5, 0.6) is 0 Å². The summed E-state index contributed by atoms with van der Waals surface area (Å²) in [6.45, 7) is 2.73. The Balaban J connectivity index is 0.00000289. The van der Waals surface area contributed by atoms with E-state index in [1.165, 1.54) is 17.4 Å². The predicted octanol–water partition coefficient (Wildman–Crippen LogP) is 2.40. The number of carbonyl (C=O) groups is 2. The SMILES string of the molecule is O=C(C[N+]12CCC(CC1)C(C(=O)OC(c1ccccc1)c1ccc(F)c(F)c1)C2)c1cccs1.[Cl-]. The number of carbonyl (C=O) groups excluding carboxylic acids is 2. The summed E-state index contributed by atoms with van der Waals surface area (Å²) in [5.41, 5.74) is 1.08. The van der Waals surface area contributed by atoms with Crippen LogP contribution in [0.25, 0.3) is 0 Å². The van der Waals surface area contributed by atoms with Crippen LogP contribution in [-0.2, 0) is 9.53 Å². The van der Waals surface area contributed by atoms with Gasteiger partial charge in [0.05, 0.1) is 24.5 Å². The zero-order chi connectivity index (χ0) is 23.7. The van der Waals surface area contributed by atoms with Gasteiger partial charge in [0.15, 0.2) is 17.7 Å². The number of fused-ring (bicyclic) bond motifs is 3. The Kier molecular flexibility index (Phi) is 7.69. The molecule has 35 heavy (non-hydrogen) atoms. The second-order valence-electron chi connectivity index (χ2n) is 9.38. The maximum Gasteiger partial charge on any atom is 0.315 e. The van der Waals surface area contributed by atoms with Gasteiger partial charge in [0.25, 0.3) is 0 Å². The van der Waals surface area contributed by atoms with E-state index in [0.717, 1.165) is 42.9 Å². The Morgan fingerprint density at radius 3 is 2.37 bits per heavy atom. The van der Waals surface area contributed by atoms with E-state index in [0.29, 0.717) is 28.7 Å². The number of benzene rings is 2. The van der Waals surface area contributed by atoms with Crippen LogP contribution in [0.3, 0.4) is 0 Å². The number of ether oxygens (including phenoxy) is 1. The van der Waals surface area contributed by atoms with Crippen LogP contribution >= 0.6 is 11.3 Å². The Labute approximate surface area is 213 Å². The van der Waals surface area contributed by atoms with E-state index in [1.54, 1.807) is 0 Å². The van der Waals surface area contributed by atoms with Gasteiger partial charge < -0.3 is 21.6 Å². The van der Waals surface area contributed by atoms with E-state index in [1.807, 2.05) is 47.8 Å². The van der Waals surface area contributed by atoms with Crippen molar-refractivity contribution >= 4 is 23.1 Å². The molecule has 0 amide bonds. The van der Waals surface area contributed by atoms with Crippen LogP contribution in [0.4, 0.5) is 8.78 Å². The van der Waals surface area contributed by atoms with Gasteiger partial charge in [0, 0.05) is 18.4 Å². The molecular formula is C27H26ClF2NO3S. The van der Waals surface area contributed by atoms with E-state index in [4.69, 9.17) is 4.74 Å². The average molecular weight is 518 g/mol. The number of quaternary nitrogens is 1. The summed E-state index contributed by atoms with van der Waals surface area (Å²) in [4.78, 5) is 27.1. The Morgan fingerprint density at radius 1 is 0.971 bits per heavy atom. The number of hydrogen-bond acceptors (Lipinski definition) is 4. The minimum absolute atomic E-state index is 0. The fourth-order valence-corrected chi connectivity index (χ4v) is 6.09. The zero-order valence-electron chi connectivity index (χ0n) is 19.0. The smallest absolute Gasteiger partial charge is 0.315 e. The molecule has 3 fully saturated rings. The number of esters is 1. The molecule has 0 radical (unpaired) electrons. The van der Waals surface area contributed by atoms with Gasteiger partial charge in [-0.05, 0) is 35.1 Å². The highest BCUT2D eigenvalue weighted by Gasteiger charge is 2.50. The molecule has 3 aromatic rings. The molecule has 1 aromatic heterocycles. The summed E-state index contributed by atoms with van der Waals surface area (Å²) >= 11 is 1.45. The number of rotatable bonds is 7. The number of piperidine rings is 3. The van der Waals surface area contributed by atoms with Crippen LogP contribution in [0.2, 0.25) is 0 Å². The van der Waals surface area contributed by atoms with Gasteiger partial charge >= 0.3 is 5.97 Å². The first-order valence-electron chi connectivity index (χ1n) is 11.6. The molecule has 0 saturated carbocycles. The summed E-state index contributed by atoms with van der Waals surface area (Å²) in [6.07, 6.45) is 0.914. The number of halogens is 3. The molecule has 8 heteroatoms. The predicted molar refractivity (Wildman–Crippen MR) is 125 cm³/mol. The summed E-state index contributed by atoms with van der Waals surface area (Å²) in [5.74, 6) is -2.25. The first-order valence-corrected chi connectivity index (χ1v) is 12.4. The first-order chi connectivity index (χ1) is 16.4. The lowest BCUT2D eigenvalue weighted by Gasteiger charge is -2.51. The Bertz CT molecular complexity index is 1180. The second-order valence-corrected chi connectivity index (χ2v) is 10.3. The highest BCUT2D eigenvalue weighted by Crippen LogP contribution is 2.40. The third kappa shape index (κ3) is 5.32. The normalized spacial score (nSPS) is 23.8. The van der Waals surface area contributed by atoms with Crippen LogP contribution in [0.15, 0.2) is 66.0 Å². The standard InChI is InChI=1S/C27H26F2NO3S.ClH/c28-22-9-8-20(15-23(22)29)26(19-5-2-1-3-6-19)33-27(32)21-16-30(12-10-18(21)11-13-30)17-24(31)25-7-4-14-34-25;/h1-9,14-15,18,21,26H,10-13,16-17H2;1H/q+1;/p-1. The van der Waals surface area contributed by atoms with Gasteiger partial charge in [-0.2, -0.15) is 0 Å². The lowest BCUT2D eigenvalue weighted by molar-refractivity contribution is -0.938. The summed E-state index contributed by atoms with van der Waals surface area (Å²) in [6, 6.07) is 16.4. The van der Waals surface area contributed by atoms with E-state index in [-0.39, 0.29) is 36.0 Å². The van der Waals surface area contributed by atoms with Gasteiger partial charge in [-0.3, -0.25) is 9.59 Å². The van der Waals surface area contributed by atoms with Crippen molar-refractivity contribution in [3.8, 4) is 0 Å². The van der Waals surface area contributed by atoms with Crippen molar-refractivity contribution < 1.29 is 40.0 Å². The first kappa shape index (κ1) is 25.5. The molecule has 0 N–H and O–H groups in total. The average Bonchev–Trinajstić information content (AvgIpc) is 3.40. The van der Waals surface area contributed by atoms with E-state index in [9.17, 15) is 18.4 Å². The number of hydrogen-bond donors (Lipinski definition) is 0. The van der Waals surface area contributed by atoms with Crippen LogP contribution in [0, 0.1) is 23.5 Å². The van der Waals surface area contributed by atoms with Gasteiger partial charge in [0.1, 0.15) is 12.5 Å². The molecule has 2 bridgehead atoms. The molecule has 184 valence electrons. The van der Waals surface area contributed by atoms with Crippen molar-refractivity contribution in [2.45, 2.75) is 18.9 Å². The number of nitrogens with zero attached hydrogens (tertiary/aromatic N) is 1. The van der Waals surface area contributed by atoms with Crippen molar-refractivity contribution in [2.75, 3.05) is 26.2 Å². The molecule has 3 saturated heterocycles. The van der Waals surface area contributed by atoms with Crippen molar-refractivity contribution in [3.05, 3.63) is 93.7 Å². The van der Waals surface area contributed by atoms with Gasteiger partial charge in [-0.25, -0.2) is 8.78 Å². The lowest BCUT2D eigenvalue weighted by Crippen LogP contribution is -3.00. The molecule has 3 aliphatic heterocycles. The third-order valence-electron chi connectivity index (χ3n) is 7.26. The molecule has 2 atom stereocenters. The van der Waals surface area contributed by atoms with Crippen LogP contribution in [-0.4, -0.2) is 42.4 Å². The second kappa shape index (κ2) is 10.6. The fraction of sp³-hybridized carbons (Fsp3) is 0.333. The Morgan fingerprint density at radius 2 is 1.71 bits per heavy atom. The summed E-state index contributed by atoms with van der Waals surface area (Å²) in [7, 11) is 0. The van der Waals surface area contributed by atoms with Crippen LogP contribution in [0.1, 0.15) is 39.7 Å². The molecule has 6 rings (SSSR count). The lowest BCUT2D eigenvalue weighted by atomic mass is 9.77. The molecule has 2 aromatic carbocycles. The van der Waals surface area contributed by atoms with Crippen LogP contribution < -0.4 is 12.4 Å². The minimum atomic E-state index is -0.978. The number of thiophene rings is 1. The number of Topliss-reactive ketones (excluding diaryl/α,β-unsaturated/α-hetero) is 1.